The van der Waals surface area contributed by atoms with Gasteiger partial charge < -0.3 is 9.22 Å². The lowest BCUT2D eigenvalue weighted by Crippen LogP contribution is -2.50. The predicted molar refractivity (Wildman–Crippen MR) is 69.7 cm³/mol. The van der Waals surface area contributed by atoms with Gasteiger partial charge in [-0.2, -0.15) is 0 Å². The van der Waals surface area contributed by atoms with Crippen LogP contribution in [-0.2, 0) is 14.3 Å². The van der Waals surface area contributed by atoms with Crippen LogP contribution in [0.3, 0.4) is 0 Å². The predicted octanol–water partition coefficient (Wildman–Crippen LogP) is 2.02. The van der Waals surface area contributed by atoms with Crippen molar-refractivity contribution in [2.45, 2.75) is 41.5 Å². The van der Waals surface area contributed by atoms with E-state index in [1.165, 1.54) is 6.92 Å². The Morgan fingerprint density at radius 3 is 1.41 bits per heavy atom. The Morgan fingerprint density at radius 2 is 1.35 bits per heavy atom. The van der Waals surface area contributed by atoms with Gasteiger partial charge in [0.1, 0.15) is 6.54 Å². The standard InChI is InChI=1S/C9H20NO.C4H8O2/c1-5-10(6-2,7-3)8-9(4)11;1-3-6-4(2)5/h5-8H2,1-4H3;3H2,1-2H3/q+1;. The van der Waals surface area contributed by atoms with Crippen molar-refractivity contribution in [3.05, 3.63) is 0 Å². The molecule has 102 valence electrons. The van der Waals surface area contributed by atoms with Gasteiger partial charge in [0.05, 0.1) is 26.2 Å². The van der Waals surface area contributed by atoms with Crippen LogP contribution in [0.2, 0.25) is 0 Å². The summed E-state index contributed by atoms with van der Waals surface area (Å²) < 4.78 is 5.34. The van der Waals surface area contributed by atoms with Crippen molar-refractivity contribution in [3.8, 4) is 0 Å². The molecule has 17 heavy (non-hydrogen) atoms. The molecule has 0 N–H and O–H groups in total. The molecule has 0 saturated heterocycles. The summed E-state index contributed by atoms with van der Waals surface area (Å²) in [6.45, 7) is 15.7. The second kappa shape index (κ2) is 10.3. The number of carbonyl (C=O) groups is 2. The van der Waals surface area contributed by atoms with Crippen molar-refractivity contribution in [1.82, 2.24) is 0 Å². The van der Waals surface area contributed by atoms with Gasteiger partial charge in [0.2, 0.25) is 0 Å². The van der Waals surface area contributed by atoms with Gasteiger partial charge in [-0.3, -0.25) is 9.59 Å². The molecular formula is C13H28NO3+. The molecule has 0 atom stereocenters. The molecule has 0 spiro atoms. The van der Waals surface area contributed by atoms with E-state index in [0.29, 0.717) is 18.9 Å². The molecule has 0 aromatic heterocycles. The van der Waals surface area contributed by atoms with Gasteiger partial charge in [-0.05, 0) is 27.7 Å². The van der Waals surface area contributed by atoms with Gasteiger partial charge in [0.25, 0.3) is 0 Å². The van der Waals surface area contributed by atoms with Crippen molar-refractivity contribution in [2.75, 3.05) is 32.8 Å². The minimum absolute atomic E-state index is 0.211. The van der Waals surface area contributed by atoms with Gasteiger partial charge in [-0.1, -0.05) is 0 Å². The van der Waals surface area contributed by atoms with E-state index in [2.05, 4.69) is 25.5 Å². The molecule has 0 rings (SSSR count). The highest BCUT2D eigenvalue weighted by molar-refractivity contribution is 5.76. The van der Waals surface area contributed by atoms with Crippen molar-refractivity contribution < 1.29 is 18.8 Å². The maximum absolute atomic E-state index is 10.9. The summed E-state index contributed by atoms with van der Waals surface area (Å²) in [5.74, 6) is 0.0908. The molecule has 0 aliphatic heterocycles. The molecule has 0 bridgehead atoms. The van der Waals surface area contributed by atoms with Crippen LogP contribution in [0.1, 0.15) is 41.5 Å². The van der Waals surface area contributed by atoms with Crippen LogP contribution in [0.15, 0.2) is 0 Å². The highest BCUT2D eigenvalue weighted by Crippen LogP contribution is 2.04. The molecule has 0 fully saturated rings. The first kappa shape index (κ1) is 18.5. The second-order valence-corrected chi connectivity index (χ2v) is 4.08. The zero-order valence-corrected chi connectivity index (χ0v) is 12.2. The van der Waals surface area contributed by atoms with Crippen LogP contribution < -0.4 is 0 Å². The summed E-state index contributed by atoms with van der Waals surface area (Å²) in [5.41, 5.74) is 0. The Hall–Kier alpha value is -0.900. The van der Waals surface area contributed by atoms with Crippen LogP contribution >= 0.6 is 0 Å². The number of ketones is 1. The Labute approximate surface area is 106 Å². The van der Waals surface area contributed by atoms with E-state index in [9.17, 15) is 9.59 Å². The summed E-state index contributed by atoms with van der Waals surface area (Å²) in [5, 5.41) is 0. The zero-order valence-electron chi connectivity index (χ0n) is 12.2. The highest BCUT2D eigenvalue weighted by atomic mass is 16.5. The number of hydrogen-bond donors (Lipinski definition) is 0. The maximum atomic E-state index is 10.9. The van der Waals surface area contributed by atoms with Crippen molar-refractivity contribution in [3.63, 3.8) is 0 Å². The van der Waals surface area contributed by atoms with E-state index in [1.54, 1.807) is 13.8 Å². The number of hydrogen-bond acceptors (Lipinski definition) is 3. The van der Waals surface area contributed by atoms with Gasteiger partial charge in [-0.15, -0.1) is 0 Å². The Balaban J connectivity index is 0. The lowest BCUT2D eigenvalue weighted by molar-refractivity contribution is -0.915. The minimum atomic E-state index is -0.211. The van der Waals surface area contributed by atoms with Crippen LogP contribution in [0.25, 0.3) is 0 Å². The largest absolute Gasteiger partial charge is 0.466 e. The first-order chi connectivity index (χ1) is 7.87. The molecule has 0 unspecified atom stereocenters. The Bertz CT molecular complexity index is 214. The fraction of sp³-hybridized carbons (Fsp3) is 0.846. The third-order valence-corrected chi connectivity index (χ3v) is 2.92. The van der Waals surface area contributed by atoms with Crippen LogP contribution in [0, 0.1) is 0 Å². The van der Waals surface area contributed by atoms with Crippen molar-refractivity contribution in [1.29, 1.82) is 0 Å². The van der Waals surface area contributed by atoms with E-state index >= 15 is 0 Å². The zero-order chi connectivity index (χ0) is 13.9. The summed E-state index contributed by atoms with van der Waals surface area (Å²) >= 11 is 0. The van der Waals surface area contributed by atoms with Crippen LogP contribution in [0.4, 0.5) is 0 Å². The summed E-state index contributed by atoms with van der Waals surface area (Å²) in [7, 11) is 0. The first-order valence-corrected chi connectivity index (χ1v) is 6.35. The summed E-state index contributed by atoms with van der Waals surface area (Å²) in [4.78, 5) is 20.7. The number of rotatable bonds is 6. The highest BCUT2D eigenvalue weighted by Gasteiger charge is 2.21. The number of carbonyl (C=O) groups excluding carboxylic acids is 2. The first-order valence-electron chi connectivity index (χ1n) is 6.35. The molecular weight excluding hydrogens is 218 g/mol. The lowest BCUT2D eigenvalue weighted by Gasteiger charge is -2.34. The Morgan fingerprint density at radius 1 is 0.941 bits per heavy atom. The van der Waals surface area contributed by atoms with Crippen molar-refractivity contribution >= 4 is 11.8 Å². The molecule has 0 amide bonds. The molecule has 4 nitrogen and oxygen atoms in total. The number of nitrogens with zero attached hydrogens (tertiary/aromatic N) is 1. The second-order valence-electron chi connectivity index (χ2n) is 4.08. The van der Waals surface area contributed by atoms with E-state index in [4.69, 9.17) is 0 Å². The van der Waals surface area contributed by atoms with E-state index in [0.717, 1.165) is 24.1 Å². The molecule has 0 aliphatic rings. The average Bonchev–Trinajstić information content (AvgIpc) is 2.26. The molecule has 0 aromatic rings. The van der Waals surface area contributed by atoms with Gasteiger partial charge in [0, 0.05) is 13.8 Å². The molecule has 0 saturated carbocycles. The molecule has 0 radical (unpaired) electrons. The van der Waals surface area contributed by atoms with Crippen LogP contribution in [-0.4, -0.2) is 49.0 Å². The van der Waals surface area contributed by atoms with E-state index < -0.39 is 0 Å². The quantitative estimate of drug-likeness (QED) is 0.532. The minimum Gasteiger partial charge on any atom is -0.466 e. The molecule has 0 aromatic carbocycles. The average molecular weight is 246 g/mol. The normalized spacial score (nSPS) is 10.2. The lowest BCUT2D eigenvalue weighted by atomic mass is 10.3. The fourth-order valence-corrected chi connectivity index (χ4v) is 1.68. The number of Topliss-reactive ketones (excluding diaryl/α,β-unsaturated/α-hetero) is 1. The monoisotopic (exact) mass is 246 g/mol. The smallest absolute Gasteiger partial charge is 0.302 e. The SMILES string of the molecule is CCOC(C)=O.CC[N+](CC)(CC)CC(C)=O. The fourth-order valence-electron chi connectivity index (χ4n) is 1.68. The van der Waals surface area contributed by atoms with Crippen LogP contribution in [0.5, 0.6) is 0 Å². The molecule has 0 heterocycles. The van der Waals surface area contributed by atoms with E-state index in [-0.39, 0.29) is 5.97 Å². The summed E-state index contributed by atoms with van der Waals surface area (Å²) in [6, 6.07) is 0. The van der Waals surface area contributed by atoms with Crippen molar-refractivity contribution in [2.24, 2.45) is 0 Å². The van der Waals surface area contributed by atoms with Gasteiger partial charge in [-0.25, -0.2) is 0 Å². The van der Waals surface area contributed by atoms with Gasteiger partial charge in [0.15, 0.2) is 5.78 Å². The molecule has 0 aliphatic carbocycles. The topological polar surface area (TPSA) is 43.4 Å². The number of quaternary nitrogens is 1. The summed E-state index contributed by atoms with van der Waals surface area (Å²) in [6.07, 6.45) is 0. The van der Waals surface area contributed by atoms with E-state index in [1.807, 2.05) is 0 Å². The third kappa shape index (κ3) is 10.00. The Kier molecular flexibility index (Phi) is 11.2. The molecule has 4 heteroatoms. The number of ether oxygens (including phenoxy) is 1. The third-order valence-electron chi connectivity index (χ3n) is 2.92. The number of likely N-dealkylation sites (N-methyl/N-ethyl adjacent to an activating group) is 1. The number of esters is 1. The van der Waals surface area contributed by atoms with Gasteiger partial charge >= 0.3 is 5.97 Å². The maximum Gasteiger partial charge on any atom is 0.302 e.